The first kappa shape index (κ1) is 13.8. The maximum absolute atomic E-state index is 11.6. The fourth-order valence-electron chi connectivity index (χ4n) is 2.17. The molecule has 1 aliphatic rings. The van der Waals surface area contributed by atoms with Gasteiger partial charge in [-0.25, -0.2) is 4.79 Å². The lowest BCUT2D eigenvalue weighted by Crippen LogP contribution is -2.45. The first-order chi connectivity index (χ1) is 8.83. The Balaban J connectivity index is 1.77. The van der Waals surface area contributed by atoms with Gasteiger partial charge in [0.15, 0.2) is 0 Å². The molecule has 0 saturated heterocycles. The Kier molecular flexibility index (Phi) is 3.78. The molecule has 1 fully saturated rings. The zero-order valence-corrected chi connectivity index (χ0v) is 12.1. The Bertz CT molecular complexity index is 442. The maximum atomic E-state index is 11.6. The summed E-state index contributed by atoms with van der Waals surface area (Å²) in [6, 6.07) is 4.36. The molecular formula is C15H22N2O2. The smallest absolute Gasteiger partial charge is 0.407 e. The van der Waals surface area contributed by atoms with Crippen LogP contribution in [0.15, 0.2) is 18.3 Å². The van der Waals surface area contributed by atoms with Crippen molar-refractivity contribution >= 4 is 6.09 Å². The number of hydrogen-bond donors (Lipinski definition) is 1. The summed E-state index contributed by atoms with van der Waals surface area (Å²) in [5.74, 6) is 0.459. The van der Waals surface area contributed by atoms with Crippen molar-refractivity contribution in [2.75, 3.05) is 0 Å². The van der Waals surface area contributed by atoms with Gasteiger partial charge in [0.1, 0.15) is 5.60 Å². The van der Waals surface area contributed by atoms with Crippen molar-refractivity contribution in [1.29, 1.82) is 0 Å². The van der Waals surface area contributed by atoms with Gasteiger partial charge in [-0.15, -0.1) is 0 Å². The number of ether oxygens (including phenoxy) is 1. The molecule has 4 nitrogen and oxygen atoms in total. The molecule has 0 atom stereocenters. The van der Waals surface area contributed by atoms with E-state index < -0.39 is 5.60 Å². The molecule has 1 amide bonds. The Labute approximate surface area is 114 Å². The molecule has 0 spiro atoms. The first-order valence-corrected chi connectivity index (χ1v) is 6.75. The van der Waals surface area contributed by atoms with Gasteiger partial charge in [0.25, 0.3) is 0 Å². The van der Waals surface area contributed by atoms with Crippen LogP contribution in [0.5, 0.6) is 0 Å². The average molecular weight is 262 g/mol. The van der Waals surface area contributed by atoms with E-state index >= 15 is 0 Å². The van der Waals surface area contributed by atoms with E-state index in [4.69, 9.17) is 4.74 Å². The van der Waals surface area contributed by atoms with E-state index in [0.29, 0.717) is 5.92 Å². The summed E-state index contributed by atoms with van der Waals surface area (Å²) in [6.07, 6.45) is 3.45. The monoisotopic (exact) mass is 262 g/mol. The minimum Gasteiger partial charge on any atom is -0.444 e. The molecule has 1 saturated carbocycles. The van der Waals surface area contributed by atoms with Crippen molar-refractivity contribution in [3.63, 3.8) is 0 Å². The number of alkyl carbamates (subject to hydrolysis) is 1. The molecule has 0 radical (unpaired) electrons. The lowest BCUT2D eigenvalue weighted by Gasteiger charge is -2.35. The summed E-state index contributed by atoms with van der Waals surface area (Å²) in [6.45, 7) is 7.63. The molecule has 104 valence electrons. The minimum atomic E-state index is -0.439. The molecule has 19 heavy (non-hydrogen) atoms. The number of aromatic nitrogens is 1. The number of nitrogens with zero attached hydrogens (tertiary/aromatic N) is 1. The number of carbonyl (C=O) groups excluding carboxylic acids is 1. The topological polar surface area (TPSA) is 51.2 Å². The van der Waals surface area contributed by atoms with Gasteiger partial charge in [0, 0.05) is 23.9 Å². The minimum absolute atomic E-state index is 0.211. The van der Waals surface area contributed by atoms with Crippen LogP contribution in [0.1, 0.15) is 50.8 Å². The zero-order valence-electron chi connectivity index (χ0n) is 12.1. The van der Waals surface area contributed by atoms with Crippen molar-refractivity contribution in [3.8, 4) is 0 Å². The van der Waals surface area contributed by atoms with Crippen LogP contribution in [0.2, 0.25) is 0 Å². The van der Waals surface area contributed by atoms with Gasteiger partial charge in [-0.2, -0.15) is 0 Å². The second-order valence-corrected chi connectivity index (χ2v) is 6.27. The molecule has 1 N–H and O–H groups in total. The van der Waals surface area contributed by atoms with Gasteiger partial charge in [-0.05, 0) is 52.2 Å². The predicted molar refractivity (Wildman–Crippen MR) is 74.1 cm³/mol. The Morgan fingerprint density at radius 2 is 2.05 bits per heavy atom. The van der Waals surface area contributed by atoms with Crippen LogP contribution in [-0.4, -0.2) is 22.7 Å². The van der Waals surface area contributed by atoms with Crippen LogP contribution in [0.25, 0.3) is 0 Å². The molecule has 1 aromatic rings. The lowest BCUT2D eigenvalue weighted by atomic mass is 9.78. The number of pyridine rings is 1. The van der Waals surface area contributed by atoms with Crippen molar-refractivity contribution in [2.24, 2.45) is 0 Å². The fraction of sp³-hybridized carbons (Fsp3) is 0.600. The van der Waals surface area contributed by atoms with Gasteiger partial charge in [-0.3, -0.25) is 4.98 Å². The number of amides is 1. The van der Waals surface area contributed by atoms with Crippen LogP contribution in [0, 0.1) is 6.92 Å². The van der Waals surface area contributed by atoms with E-state index in [1.807, 2.05) is 33.9 Å². The van der Waals surface area contributed by atoms with Crippen LogP contribution < -0.4 is 5.32 Å². The van der Waals surface area contributed by atoms with Crippen molar-refractivity contribution in [1.82, 2.24) is 10.3 Å². The van der Waals surface area contributed by atoms with E-state index in [1.165, 1.54) is 5.56 Å². The van der Waals surface area contributed by atoms with Crippen LogP contribution >= 0.6 is 0 Å². The number of rotatable bonds is 2. The SMILES string of the molecule is Cc1ccc([C@H]2C[C@H](NC(=O)OC(C)(C)C)C2)nc1. The first-order valence-electron chi connectivity index (χ1n) is 6.75. The van der Waals surface area contributed by atoms with Crippen molar-refractivity contribution < 1.29 is 9.53 Å². The summed E-state index contributed by atoms with van der Waals surface area (Å²) < 4.78 is 5.24. The number of carbonyl (C=O) groups is 1. The fourth-order valence-corrected chi connectivity index (χ4v) is 2.17. The highest BCUT2D eigenvalue weighted by atomic mass is 16.6. The summed E-state index contributed by atoms with van der Waals surface area (Å²) in [7, 11) is 0. The van der Waals surface area contributed by atoms with Crippen LogP contribution in [-0.2, 0) is 4.74 Å². The molecule has 2 rings (SSSR count). The second-order valence-electron chi connectivity index (χ2n) is 6.27. The largest absolute Gasteiger partial charge is 0.444 e. The molecular weight excluding hydrogens is 240 g/mol. The average Bonchev–Trinajstić information content (AvgIpc) is 2.22. The third kappa shape index (κ3) is 3.94. The summed E-state index contributed by atoms with van der Waals surface area (Å²) in [5, 5.41) is 2.90. The highest BCUT2D eigenvalue weighted by Gasteiger charge is 2.33. The highest BCUT2D eigenvalue weighted by Crippen LogP contribution is 2.35. The van der Waals surface area contributed by atoms with E-state index in [0.717, 1.165) is 18.5 Å². The number of aryl methyl sites for hydroxylation is 1. The van der Waals surface area contributed by atoms with Crippen LogP contribution in [0.4, 0.5) is 4.79 Å². The molecule has 1 heterocycles. The molecule has 0 aliphatic heterocycles. The van der Waals surface area contributed by atoms with Crippen molar-refractivity contribution in [3.05, 3.63) is 29.6 Å². The van der Waals surface area contributed by atoms with Gasteiger partial charge in [0.05, 0.1) is 0 Å². The molecule has 1 aromatic heterocycles. The number of nitrogens with one attached hydrogen (secondary N) is 1. The van der Waals surface area contributed by atoms with Gasteiger partial charge >= 0.3 is 6.09 Å². The Hall–Kier alpha value is -1.58. The number of hydrogen-bond acceptors (Lipinski definition) is 3. The molecule has 1 aliphatic carbocycles. The predicted octanol–water partition coefficient (Wildman–Crippen LogP) is 3.16. The van der Waals surface area contributed by atoms with E-state index in [-0.39, 0.29) is 12.1 Å². The summed E-state index contributed by atoms with van der Waals surface area (Å²) in [5.41, 5.74) is 1.85. The van der Waals surface area contributed by atoms with E-state index in [2.05, 4.69) is 22.4 Å². The molecule has 4 heteroatoms. The maximum Gasteiger partial charge on any atom is 0.407 e. The third-order valence-electron chi connectivity index (χ3n) is 3.21. The van der Waals surface area contributed by atoms with Gasteiger partial charge in [-0.1, -0.05) is 6.07 Å². The molecule has 0 aromatic carbocycles. The lowest BCUT2D eigenvalue weighted by molar-refractivity contribution is 0.0470. The van der Waals surface area contributed by atoms with Crippen LogP contribution in [0.3, 0.4) is 0 Å². The van der Waals surface area contributed by atoms with Gasteiger partial charge in [0.2, 0.25) is 0 Å². The standard InChI is InChI=1S/C15H22N2O2/c1-10-5-6-13(16-9-10)11-7-12(8-11)17-14(18)19-15(2,3)4/h5-6,9,11-12H,7-8H2,1-4H3,(H,17,18)/t11-,12-. The third-order valence-corrected chi connectivity index (χ3v) is 3.21. The normalized spacial score (nSPS) is 22.5. The zero-order chi connectivity index (χ0) is 14.0. The Morgan fingerprint density at radius 1 is 1.37 bits per heavy atom. The van der Waals surface area contributed by atoms with E-state index in [9.17, 15) is 4.79 Å². The van der Waals surface area contributed by atoms with E-state index in [1.54, 1.807) is 0 Å². The van der Waals surface area contributed by atoms with Crippen molar-refractivity contribution in [2.45, 2.75) is 58.1 Å². The van der Waals surface area contributed by atoms with Gasteiger partial charge < -0.3 is 10.1 Å². The Morgan fingerprint density at radius 3 is 2.58 bits per heavy atom. The molecule has 0 bridgehead atoms. The second kappa shape index (κ2) is 5.19. The quantitative estimate of drug-likeness (QED) is 0.890. The summed E-state index contributed by atoms with van der Waals surface area (Å²) in [4.78, 5) is 16.0. The summed E-state index contributed by atoms with van der Waals surface area (Å²) >= 11 is 0. The highest BCUT2D eigenvalue weighted by molar-refractivity contribution is 5.68. The molecule has 0 unspecified atom stereocenters.